The summed E-state index contributed by atoms with van der Waals surface area (Å²) in [4.78, 5) is 0. The first kappa shape index (κ1) is 13.1. The quantitative estimate of drug-likeness (QED) is 0.597. The lowest BCUT2D eigenvalue weighted by Gasteiger charge is -1.90. The molecular weight excluding hydrogens is 239 g/mol. The number of hydrogen-bond acceptors (Lipinski definition) is 0. The van der Waals surface area contributed by atoms with E-state index in [4.69, 9.17) is 23.2 Å². The van der Waals surface area contributed by atoms with Gasteiger partial charge in [0.05, 0.1) is 0 Å². The first-order valence-electron chi connectivity index (χ1n) is 5.02. The molecule has 0 unspecified atom stereocenters. The first-order valence-corrected chi connectivity index (χ1v) is 5.78. The Bertz CT molecular complexity index is 372. The highest BCUT2D eigenvalue weighted by molar-refractivity contribution is 6.34. The Kier molecular flexibility index (Phi) is 5.37. The molecule has 0 heterocycles. The number of hydrogen-bond donors (Lipinski definition) is 0. The zero-order valence-corrected chi connectivity index (χ0v) is 10.9. The minimum Gasteiger partial charge on any atom is -0.0843 e. The molecule has 2 aromatic carbocycles. The second kappa shape index (κ2) is 6.57. The van der Waals surface area contributed by atoms with Crippen molar-refractivity contribution in [1.29, 1.82) is 0 Å². The third-order valence-corrected chi connectivity index (χ3v) is 2.43. The molecule has 0 amide bonds. The number of halogens is 2. The zero-order valence-electron chi connectivity index (χ0n) is 9.37. The van der Waals surface area contributed by atoms with Gasteiger partial charge in [0.25, 0.3) is 0 Å². The molecule has 0 saturated heterocycles. The number of rotatable bonds is 0. The van der Waals surface area contributed by atoms with Crippen LogP contribution in [0.2, 0.25) is 10.0 Å². The summed E-state index contributed by atoms with van der Waals surface area (Å²) in [5.41, 5.74) is 2.68. The van der Waals surface area contributed by atoms with E-state index < -0.39 is 0 Å². The van der Waals surface area contributed by atoms with Gasteiger partial charge < -0.3 is 0 Å². The van der Waals surface area contributed by atoms with Crippen LogP contribution < -0.4 is 0 Å². The smallest absolute Gasteiger partial charge is 0.0420 e. The fourth-order valence-electron chi connectivity index (χ4n) is 1.27. The monoisotopic (exact) mass is 252 g/mol. The van der Waals surface area contributed by atoms with Gasteiger partial charge in [0.2, 0.25) is 0 Å². The molecule has 2 rings (SSSR count). The van der Waals surface area contributed by atoms with E-state index >= 15 is 0 Å². The molecule has 0 aliphatic carbocycles. The molecule has 0 spiro atoms. The second-order valence-corrected chi connectivity index (χ2v) is 4.47. The summed E-state index contributed by atoms with van der Waals surface area (Å²) in [6.07, 6.45) is 0. The molecule has 0 radical (unpaired) electrons. The van der Waals surface area contributed by atoms with Crippen LogP contribution in [0.15, 0.2) is 48.5 Å². The maximum absolute atomic E-state index is 5.56. The lowest BCUT2D eigenvalue weighted by Crippen LogP contribution is -1.71. The van der Waals surface area contributed by atoms with E-state index in [0.717, 1.165) is 0 Å². The van der Waals surface area contributed by atoms with Crippen molar-refractivity contribution < 1.29 is 0 Å². The molecule has 16 heavy (non-hydrogen) atoms. The molecule has 0 fully saturated rings. The molecule has 2 aromatic rings. The van der Waals surface area contributed by atoms with Crippen LogP contribution in [0, 0.1) is 13.8 Å². The Hall–Kier alpha value is -0.980. The van der Waals surface area contributed by atoms with Gasteiger partial charge in [-0.05, 0) is 32.0 Å². The van der Waals surface area contributed by atoms with Crippen molar-refractivity contribution in [2.75, 3.05) is 0 Å². The van der Waals surface area contributed by atoms with E-state index in [1.165, 1.54) is 11.1 Å². The molecule has 0 saturated carbocycles. The van der Waals surface area contributed by atoms with Gasteiger partial charge in [-0.1, -0.05) is 64.7 Å². The normalized spacial score (nSPS) is 9.25. The molecule has 0 atom stereocenters. The van der Waals surface area contributed by atoms with Gasteiger partial charge in [0.1, 0.15) is 0 Å². The molecule has 0 bridgehead atoms. The van der Waals surface area contributed by atoms with Crippen LogP contribution >= 0.6 is 23.2 Å². The van der Waals surface area contributed by atoms with E-state index in [0.29, 0.717) is 10.0 Å². The van der Waals surface area contributed by atoms with Crippen LogP contribution in [0.25, 0.3) is 0 Å². The van der Waals surface area contributed by atoms with Gasteiger partial charge in [-0.2, -0.15) is 0 Å². The molecular formula is C14H14Cl2. The largest absolute Gasteiger partial charge is 0.0843 e. The van der Waals surface area contributed by atoms with Crippen molar-refractivity contribution in [1.82, 2.24) is 0 Å². The van der Waals surface area contributed by atoms with Crippen LogP contribution in [-0.2, 0) is 0 Å². The van der Waals surface area contributed by atoms with Crippen LogP contribution in [0.4, 0.5) is 0 Å². The van der Waals surface area contributed by atoms with Crippen molar-refractivity contribution in [3.05, 3.63) is 69.7 Å². The Labute approximate surface area is 107 Å². The molecule has 0 N–H and O–H groups in total. The highest BCUT2D eigenvalue weighted by Crippen LogP contribution is 2.13. The maximum atomic E-state index is 5.56. The summed E-state index contributed by atoms with van der Waals surface area (Å²) >= 11 is 11.1. The van der Waals surface area contributed by atoms with Crippen LogP contribution in [0.3, 0.4) is 0 Å². The SMILES string of the molecule is Cc1cccc(C)c1.Clc1cccc(Cl)c1. The Balaban J connectivity index is 0.000000160. The standard InChI is InChI=1S/C8H10.C6H4Cl2/c1-7-4-3-5-8(2)6-7;7-5-2-1-3-6(8)4-5/h3-6H,1-2H3;1-4H. The van der Waals surface area contributed by atoms with E-state index in [9.17, 15) is 0 Å². The highest BCUT2D eigenvalue weighted by atomic mass is 35.5. The third kappa shape index (κ3) is 5.20. The lowest BCUT2D eigenvalue weighted by atomic mass is 10.2. The van der Waals surface area contributed by atoms with Gasteiger partial charge in [-0.25, -0.2) is 0 Å². The van der Waals surface area contributed by atoms with Crippen molar-refractivity contribution in [2.24, 2.45) is 0 Å². The van der Waals surface area contributed by atoms with E-state index in [1.54, 1.807) is 18.2 Å². The summed E-state index contributed by atoms with van der Waals surface area (Å²) in [6, 6.07) is 15.5. The first-order chi connectivity index (χ1) is 7.58. The molecule has 0 aliphatic rings. The van der Waals surface area contributed by atoms with Crippen molar-refractivity contribution in [3.63, 3.8) is 0 Å². The van der Waals surface area contributed by atoms with Gasteiger partial charge in [-0.3, -0.25) is 0 Å². The van der Waals surface area contributed by atoms with E-state index in [-0.39, 0.29) is 0 Å². The molecule has 0 nitrogen and oxygen atoms in total. The van der Waals surface area contributed by atoms with Crippen molar-refractivity contribution in [2.45, 2.75) is 13.8 Å². The van der Waals surface area contributed by atoms with Gasteiger partial charge in [0.15, 0.2) is 0 Å². The average Bonchev–Trinajstić information content (AvgIpc) is 2.17. The number of aryl methyl sites for hydroxylation is 2. The summed E-state index contributed by atoms with van der Waals surface area (Å²) in [6.45, 7) is 4.21. The number of benzene rings is 2. The molecule has 84 valence electrons. The summed E-state index contributed by atoms with van der Waals surface area (Å²) < 4.78 is 0. The minimum atomic E-state index is 0.678. The van der Waals surface area contributed by atoms with Crippen LogP contribution in [0.1, 0.15) is 11.1 Å². The lowest BCUT2D eigenvalue weighted by molar-refractivity contribution is 1.39. The summed E-state index contributed by atoms with van der Waals surface area (Å²) in [5.74, 6) is 0. The average molecular weight is 253 g/mol. The minimum absolute atomic E-state index is 0.678. The van der Waals surface area contributed by atoms with E-state index in [1.807, 2.05) is 6.07 Å². The maximum Gasteiger partial charge on any atom is 0.0420 e. The summed E-state index contributed by atoms with van der Waals surface area (Å²) in [5, 5.41) is 1.36. The highest BCUT2D eigenvalue weighted by Gasteiger charge is 1.85. The zero-order chi connectivity index (χ0) is 12.0. The fraction of sp³-hybridized carbons (Fsp3) is 0.143. The van der Waals surface area contributed by atoms with Crippen molar-refractivity contribution >= 4 is 23.2 Å². The fourth-order valence-corrected chi connectivity index (χ4v) is 1.70. The van der Waals surface area contributed by atoms with Gasteiger partial charge in [0, 0.05) is 10.0 Å². The Morgan fingerprint density at radius 1 is 0.688 bits per heavy atom. The third-order valence-electron chi connectivity index (χ3n) is 1.96. The predicted molar refractivity (Wildman–Crippen MR) is 72.4 cm³/mol. The van der Waals surface area contributed by atoms with Crippen LogP contribution in [-0.4, -0.2) is 0 Å². The van der Waals surface area contributed by atoms with Gasteiger partial charge >= 0.3 is 0 Å². The molecule has 2 heteroatoms. The van der Waals surface area contributed by atoms with E-state index in [2.05, 4.69) is 38.1 Å². The van der Waals surface area contributed by atoms with Gasteiger partial charge in [-0.15, -0.1) is 0 Å². The Morgan fingerprint density at radius 3 is 1.38 bits per heavy atom. The summed E-state index contributed by atoms with van der Waals surface area (Å²) in [7, 11) is 0. The van der Waals surface area contributed by atoms with Crippen molar-refractivity contribution in [3.8, 4) is 0 Å². The molecule has 0 aromatic heterocycles. The molecule has 0 aliphatic heterocycles. The second-order valence-electron chi connectivity index (χ2n) is 3.60. The predicted octanol–water partition coefficient (Wildman–Crippen LogP) is 5.30. The topological polar surface area (TPSA) is 0 Å². The van der Waals surface area contributed by atoms with Crippen LogP contribution in [0.5, 0.6) is 0 Å². The Morgan fingerprint density at radius 2 is 1.12 bits per heavy atom.